The van der Waals surface area contributed by atoms with Gasteiger partial charge in [0.1, 0.15) is 0 Å². The molecule has 1 unspecified atom stereocenters. The number of rotatable bonds is 3. The second kappa shape index (κ2) is 5.74. The number of aryl methyl sites for hydroxylation is 2. The largest absolute Gasteiger partial charge is 0.494 e. The average Bonchev–Trinajstić information content (AvgIpc) is 2.38. The van der Waals surface area contributed by atoms with Crippen molar-refractivity contribution >= 4 is 15.9 Å². The van der Waals surface area contributed by atoms with Crippen molar-refractivity contribution in [2.75, 3.05) is 7.11 Å². The van der Waals surface area contributed by atoms with Crippen LogP contribution in [0.25, 0.3) is 0 Å². The highest BCUT2D eigenvalue weighted by molar-refractivity contribution is 9.09. The van der Waals surface area contributed by atoms with Gasteiger partial charge in [-0.1, -0.05) is 45.8 Å². The average molecular weight is 323 g/mol. The molecule has 0 amide bonds. The lowest BCUT2D eigenvalue weighted by atomic mass is 9.98. The summed E-state index contributed by atoms with van der Waals surface area (Å²) in [5.74, 6) is -0.0710. The van der Waals surface area contributed by atoms with E-state index in [1.807, 2.05) is 0 Å². The fraction of sp³-hybridized carbons (Fsp3) is 0.250. The molecule has 0 aliphatic rings. The minimum atomic E-state index is -0.341. The van der Waals surface area contributed by atoms with Crippen LogP contribution in [0.4, 0.5) is 4.39 Å². The molecule has 0 aliphatic carbocycles. The van der Waals surface area contributed by atoms with Crippen LogP contribution in [0.5, 0.6) is 5.75 Å². The van der Waals surface area contributed by atoms with Crippen molar-refractivity contribution < 1.29 is 9.13 Å². The van der Waals surface area contributed by atoms with Crippen molar-refractivity contribution in [2.24, 2.45) is 0 Å². The maximum Gasteiger partial charge on any atom is 0.165 e. The van der Waals surface area contributed by atoms with E-state index >= 15 is 0 Å². The Morgan fingerprint density at radius 3 is 2.47 bits per heavy atom. The van der Waals surface area contributed by atoms with Gasteiger partial charge < -0.3 is 4.74 Å². The van der Waals surface area contributed by atoms with Crippen LogP contribution in [0.2, 0.25) is 0 Å². The normalized spacial score (nSPS) is 12.3. The van der Waals surface area contributed by atoms with Crippen molar-refractivity contribution in [1.29, 1.82) is 0 Å². The highest BCUT2D eigenvalue weighted by Crippen LogP contribution is 2.35. The van der Waals surface area contributed by atoms with Gasteiger partial charge in [-0.3, -0.25) is 0 Å². The molecule has 0 radical (unpaired) electrons. The molecular formula is C16H16BrFO. The predicted molar refractivity (Wildman–Crippen MR) is 79.6 cm³/mol. The Morgan fingerprint density at radius 1 is 1.11 bits per heavy atom. The molecule has 1 nitrogen and oxygen atoms in total. The fourth-order valence-electron chi connectivity index (χ4n) is 2.12. The third-order valence-corrected chi connectivity index (χ3v) is 4.19. The van der Waals surface area contributed by atoms with E-state index in [2.05, 4.69) is 48.0 Å². The Balaban J connectivity index is 2.40. The zero-order valence-electron chi connectivity index (χ0n) is 11.2. The summed E-state index contributed by atoms with van der Waals surface area (Å²) in [6.07, 6.45) is 0. The van der Waals surface area contributed by atoms with Crippen molar-refractivity contribution in [2.45, 2.75) is 18.7 Å². The standard InChI is InChI=1S/C16H16BrFO/c1-10-4-6-13(11(2)8-10)16(17)12-5-7-14(18)15(9-12)19-3/h4-9,16H,1-3H3. The number of benzene rings is 2. The first kappa shape index (κ1) is 14.1. The van der Waals surface area contributed by atoms with E-state index < -0.39 is 0 Å². The van der Waals surface area contributed by atoms with Gasteiger partial charge in [0.15, 0.2) is 11.6 Å². The smallest absolute Gasteiger partial charge is 0.165 e. The van der Waals surface area contributed by atoms with Crippen molar-refractivity contribution in [3.63, 3.8) is 0 Å². The number of ether oxygens (including phenoxy) is 1. The lowest BCUT2D eigenvalue weighted by molar-refractivity contribution is 0.386. The van der Waals surface area contributed by atoms with Gasteiger partial charge in [-0.2, -0.15) is 0 Å². The lowest BCUT2D eigenvalue weighted by Gasteiger charge is -2.15. The molecule has 19 heavy (non-hydrogen) atoms. The zero-order valence-corrected chi connectivity index (χ0v) is 12.8. The van der Waals surface area contributed by atoms with Gasteiger partial charge in [-0.15, -0.1) is 0 Å². The second-order valence-electron chi connectivity index (χ2n) is 4.62. The van der Waals surface area contributed by atoms with E-state index in [0.717, 1.165) is 5.56 Å². The Kier molecular flexibility index (Phi) is 4.25. The maximum atomic E-state index is 13.4. The van der Waals surface area contributed by atoms with Gasteiger partial charge in [0.25, 0.3) is 0 Å². The van der Waals surface area contributed by atoms with E-state index in [1.54, 1.807) is 12.1 Å². The van der Waals surface area contributed by atoms with E-state index in [4.69, 9.17) is 4.74 Å². The van der Waals surface area contributed by atoms with Crippen LogP contribution in [0, 0.1) is 19.7 Å². The molecule has 0 bridgehead atoms. The number of methoxy groups -OCH3 is 1. The minimum absolute atomic E-state index is 0.0302. The highest BCUT2D eigenvalue weighted by Gasteiger charge is 2.15. The van der Waals surface area contributed by atoms with Crippen LogP contribution in [0.15, 0.2) is 36.4 Å². The van der Waals surface area contributed by atoms with Crippen LogP contribution in [-0.4, -0.2) is 7.11 Å². The first-order valence-electron chi connectivity index (χ1n) is 6.07. The summed E-state index contributed by atoms with van der Waals surface area (Å²) in [5, 5.41) is 0. The molecule has 0 heterocycles. The van der Waals surface area contributed by atoms with E-state index in [9.17, 15) is 4.39 Å². The van der Waals surface area contributed by atoms with E-state index in [-0.39, 0.29) is 16.4 Å². The first-order valence-corrected chi connectivity index (χ1v) is 6.99. The maximum absolute atomic E-state index is 13.4. The summed E-state index contributed by atoms with van der Waals surface area (Å²) in [6, 6.07) is 11.3. The van der Waals surface area contributed by atoms with Gasteiger partial charge in [0, 0.05) is 0 Å². The highest BCUT2D eigenvalue weighted by atomic mass is 79.9. The Labute approximate surface area is 121 Å². The Morgan fingerprint density at radius 2 is 1.84 bits per heavy atom. The molecule has 0 saturated heterocycles. The molecule has 0 aromatic heterocycles. The Hall–Kier alpha value is -1.35. The van der Waals surface area contributed by atoms with Gasteiger partial charge in [0.05, 0.1) is 11.9 Å². The summed E-state index contributed by atoms with van der Waals surface area (Å²) >= 11 is 3.68. The molecule has 0 N–H and O–H groups in total. The van der Waals surface area contributed by atoms with Crippen LogP contribution in [0.1, 0.15) is 27.1 Å². The van der Waals surface area contributed by atoms with E-state index in [0.29, 0.717) is 0 Å². The lowest BCUT2D eigenvalue weighted by Crippen LogP contribution is -1.98. The summed E-state index contributed by atoms with van der Waals surface area (Å²) in [7, 11) is 1.47. The number of alkyl halides is 1. The molecule has 2 aromatic rings. The molecule has 0 aliphatic heterocycles. The molecule has 0 fully saturated rings. The quantitative estimate of drug-likeness (QED) is 0.727. The van der Waals surface area contributed by atoms with Crippen LogP contribution in [0.3, 0.4) is 0 Å². The third kappa shape index (κ3) is 2.98. The summed E-state index contributed by atoms with van der Waals surface area (Å²) in [4.78, 5) is 0.0302. The predicted octanol–water partition coefficient (Wildman–Crippen LogP) is 4.94. The second-order valence-corrected chi connectivity index (χ2v) is 5.53. The zero-order chi connectivity index (χ0) is 14.0. The molecule has 2 rings (SSSR count). The Bertz CT molecular complexity index is 595. The van der Waals surface area contributed by atoms with Crippen LogP contribution in [-0.2, 0) is 0 Å². The molecule has 2 aromatic carbocycles. The summed E-state index contributed by atoms with van der Waals surface area (Å²) < 4.78 is 18.5. The van der Waals surface area contributed by atoms with Crippen LogP contribution >= 0.6 is 15.9 Å². The monoisotopic (exact) mass is 322 g/mol. The van der Waals surface area contributed by atoms with E-state index in [1.165, 1.54) is 29.9 Å². The number of halogens is 2. The van der Waals surface area contributed by atoms with Crippen LogP contribution < -0.4 is 4.74 Å². The fourth-order valence-corrected chi connectivity index (χ4v) is 2.92. The van der Waals surface area contributed by atoms with Gasteiger partial charge in [-0.05, 0) is 42.7 Å². The van der Waals surface area contributed by atoms with Crippen molar-refractivity contribution in [3.8, 4) is 5.75 Å². The number of hydrogen-bond donors (Lipinski definition) is 0. The van der Waals surface area contributed by atoms with Gasteiger partial charge in [-0.25, -0.2) is 4.39 Å². The first-order chi connectivity index (χ1) is 9.02. The summed E-state index contributed by atoms with van der Waals surface area (Å²) in [5.41, 5.74) is 4.60. The van der Waals surface area contributed by atoms with Gasteiger partial charge >= 0.3 is 0 Å². The topological polar surface area (TPSA) is 9.23 Å². The third-order valence-electron chi connectivity index (χ3n) is 3.17. The SMILES string of the molecule is COc1cc(C(Br)c2ccc(C)cc2C)ccc1F. The van der Waals surface area contributed by atoms with Crippen molar-refractivity contribution in [3.05, 3.63) is 64.5 Å². The molecule has 1 atom stereocenters. The molecule has 3 heteroatoms. The van der Waals surface area contributed by atoms with Crippen molar-refractivity contribution in [1.82, 2.24) is 0 Å². The number of hydrogen-bond acceptors (Lipinski definition) is 1. The molecular weight excluding hydrogens is 307 g/mol. The molecule has 0 spiro atoms. The molecule has 0 saturated carbocycles. The summed E-state index contributed by atoms with van der Waals surface area (Å²) in [6.45, 7) is 4.15. The minimum Gasteiger partial charge on any atom is -0.494 e. The molecule has 100 valence electrons. The van der Waals surface area contributed by atoms with Gasteiger partial charge in [0.2, 0.25) is 0 Å².